The van der Waals surface area contributed by atoms with Crippen molar-refractivity contribution < 1.29 is 4.79 Å². The van der Waals surface area contributed by atoms with Gasteiger partial charge in [-0.3, -0.25) is 4.79 Å². The van der Waals surface area contributed by atoms with Gasteiger partial charge in [-0.25, -0.2) is 0 Å². The SMILES string of the molecule is Cc1ccc(/C=C\C(=O)/C(=C\c2ccc(C)cc2)c2cccn2C)cc1. The normalized spacial score (nSPS) is 11.9. The van der Waals surface area contributed by atoms with Gasteiger partial charge in [0, 0.05) is 18.8 Å². The fourth-order valence-corrected chi connectivity index (χ4v) is 2.78. The molecule has 1 heterocycles. The molecule has 0 radical (unpaired) electrons. The van der Waals surface area contributed by atoms with Gasteiger partial charge in [0.15, 0.2) is 5.78 Å². The minimum atomic E-state index is -0.00653. The molecule has 0 saturated carbocycles. The highest BCUT2D eigenvalue weighted by Crippen LogP contribution is 2.21. The highest BCUT2D eigenvalue weighted by Gasteiger charge is 2.12. The van der Waals surface area contributed by atoms with E-state index in [1.807, 2.05) is 78.5 Å². The molecule has 3 rings (SSSR count). The number of benzene rings is 2. The summed E-state index contributed by atoms with van der Waals surface area (Å²) >= 11 is 0. The Morgan fingerprint density at radius 1 is 0.846 bits per heavy atom. The zero-order valence-corrected chi connectivity index (χ0v) is 15.4. The smallest absolute Gasteiger partial charge is 0.187 e. The zero-order valence-electron chi connectivity index (χ0n) is 15.4. The van der Waals surface area contributed by atoms with Gasteiger partial charge >= 0.3 is 0 Å². The summed E-state index contributed by atoms with van der Waals surface area (Å²) in [4.78, 5) is 12.9. The Morgan fingerprint density at radius 2 is 1.42 bits per heavy atom. The van der Waals surface area contributed by atoms with Gasteiger partial charge in [0.05, 0.1) is 5.69 Å². The van der Waals surface area contributed by atoms with Crippen LogP contribution in [-0.4, -0.2) is 10.4 Å². The molecule has 2 nitrogen and oxygen atoms in total. The third kappa shape index (κ3) is 4.28. The minimum Gasteiger partial charge on any atom is -0.350 e. The van der Waals surface area contributed by atoms with E-state index in [1.54, 1.807) is 6.08 Å². The maximum atomic E-state index is 12.9. The summed E-state index contributed by atoms with van der Waals surface area (Å²) in [7, 11) is 1.95. The molecular weight excluding hydrogens is 318 g/mol. The molecule has 0 amide bonds. The number of ketones is 1. The Kier molecular flexibility index (Phi) is 5.33. The molecule has 0 saturated heterocycles. The summed E-state index contributed by atoms with van der Waals surface area (Å²) in [6.45, 7) is 4.11. The summed E-state index contributed by atoms with van der Waals surface area (Å²) in [6.07, 6.45) is 7.43. The number of aromatic nitrogens is 1. The van der Waals surface area contributed by atoms with Gasteiger partial charge in [0.2, 0.25) is 0 Å². The number of allylic oxidation sites excluding steroid dienone is 2. The molecule has 2 aromatic carbocycles. The van der Waals surface area contributed by atoms with E-state index in [4.69, 9.17) is 0 Å². The van der Waals surface area contributed by atoms with Crippen molar-refractivity contribution in [1.82, 2.24) is 4.57 Å². The maximum absolute atomic E-state index is 12.9. The van der Waals surface area contributed by atoms with Gasteiger partial charge in [0.1, 0.15) is 0 Å². The highest BCUT2D eigenvalue weighted by molar-refractivity contribution is 6.30. The Hall–Kier alpha value is -3.13. The third-order valence-corrected chi connectivity index (χ3v) is 4.38. The average molecular weight is 341 g/mol. The number of hydrogen-bond acceptors (Lipinski definition) is 1. The lowest BCUT2D eigenvalue weighted by Gasteiger charge is -2.07. The van der Waals surface area contributed by atoms with Crippen molar-refractivity contribution in [2.75, 3.05) is 0 Å². The van der Waals surface area contributed by atoms with E-state index in [1.165, 1.54) is 11.1 Å². The van der Waals surface area contributed by atoms with E-state index < -0.39 is 0 Å². The molecule has 130 valence electrons. The average Bonchev–Trinajstić information content (AvgIpc) is 3.06. The summed E-state index contributed by atoms with van der Waals surface area (Å²) in [5.41, 5.74) is 6.04. The molecule has 0 fully saturated rings. The van der Waals surface area contributed by atoms with Crippen molar-refractivity contribution >= 4 is 23.5 Å². The second-order valence-corrected chi connectivity index (χ2v) is 6.58. The Morgan fingerprint density at radius 3 is 1.96 bits per heavy atom. The minimum absolute atomic E-state index is 0.00653. The highest BCUT2D eigenvalue weighted by atomic mass is 16.1. The van der Waals surface area contributed by atoms with Crippen molar-refractivity contribution in [3.63, 3.8) is 0 Å². The van der Waals surface area contributed by atoms with Crippen LogP contribution in [0.2, 0.25) is 0 Å². The van der Waals surface area contributed by atoms with Crippen molar-refractivity contribution in [1.29, 1.82) is 0 Å². The first kappa shape index (κ1) is 17.7. The molecule has 0 bridgehead atoms. The lowest BCUT2D eigenvalue weighted by molar-refractivity contribution is -0.109. The molecule has 0 N–H and O–H groups in total. The van der Waals surface area contributed by atoms with Crippen LogP contribution in [0.1, 0.15) is 27.9 Å². The van der Waals surface area contributed by atoms with Crippen LogP contribution in [0.25, 0.3) is 17.7 Å². The predicted octanol–water partition coefficient (Wildman–Crippen LogP) is 5.47. The molecule has 0 aliphatic carbocycles. The first-order valence-electron chi connectivity index (χ1n) is 8.72. The summed E-state index contributed by atoms with van der Waals surface area (Å²) < 4.78 is 1.97. The van der Waals surface area contributed by atoms with Crippen LogP contribution in [0.3, 0.4) is 0 Å². The zero-order chi connectivity index (χ0) is 18.5. The largest absolute Gasteiger partial charge is 0.350 e. The molecule has 0 aliphatic rings. The summed E-state index contributed by atoms with van der Waals surface area (Å²) in [6, 6.07) is 20.2. The van der Waals surface area contributed by atoms with Gasteiger partial charge in [-0.15, -0.1) is 0 Å². The quantitative estimate of drug-likeness (QED) is 0.564. The van der Waals surface area contributed by atoms with E-state index in [2.05, 4.69) is 26.0 Å². The van der Waals surface area contributed by atoms with Gasteiger partial charge in [-0.1, -0.05) is 65.7 Å². The van der Waals surface area contributed by atoms with Crippen LogP contribution in [0.4, 0.5) is 0 Å². The first-order chi connectivity index (χ1) is 12.5. The summed E-state index contributed by atoms with van der Waals surface area (Å²) in [5, 5.41) is 0. The number of carbonyl (C=O) groups is 1. The lowest BCUT2D eigenvalue weighted by Crippen LogP contribution is -2.03. The first-order valence-corrected chi connectivity index (χ1v) is 8.72. The molecule has 0 aliphatic heterocycles. The monoisotopic (exact) mass is 341 g/mol. The maximum Gasteiger partial charge on any atom is 0.187 e. The van der Waals surface area contributed by atoms with Crippen molar-refractivity contribution in [2.24, 2.45) is 7.05 Å². The van der Waals surface area contributed by atoms with Crippen molar-refractivity contribution in [3.05, 3.63) is 101 Å². The standard InChI is InChI=1S/C24H23NO/c1-18-6-10-20(11-7-18)14-15-24(26)22(23-5-4-16-25(23)3)17-21-12-8-19(2)9-13-21/h4-17H,1-3H3/b15-14-,22-17-. The van der Waals surface area contributed by atoms with E-state index in [-0.39, 0.29) is 5.78 Å². The molecule has 3 aromatic rings. The number of nitrogens with zero attached hydrogens (tertiary/aromatic N) is 1. The van der Waals surface area contributed by atoms with Crippen LogP contribution in [0, 0.1) is 13.8 Å². The van der Waals surface area contributed by atoms with Gasteiger partial charge in [-0.2, -0.15) is 0 Å². The Labute approximate surface area is 155 Å². The molecule has 0 spiro atoms. The van der Waals surface area contributed by atoms with E-state index in [0.29, 0.717) is 5.57 Å². The van der Waals surface area contributed by atoms with E-state index in [9.17, 15) is 4.79 Å². The lowest BCUT2D eigenvalue weighted by atomic mass is 10.0. The third-order valence-electron chi connectivity index (χ3n) is 4.38. The van der Waals surface area contributed by atoms with Crippen LogP contribution < -0.4 is 0 Å². The van der Waals surface area contributed by atoms with Gasteiger partial charge in [-0.05, 0) is 49.3 Å². The number of carbonyl (C=O) groups excluding carboxylic acids is 1. The fraction of sp³-hybridized carbons (Fsp3) is 0.125. The topological polar surface area (TPSA) is 22.0 Å². The van der Waals surface area contributed by atoms with Crippen molar-refractivity contribution in [2.45, 2.75) is 13.8 Å². The van der Waals surface area contributed by atoms with Gasteiger partial charge in [0.25, 0.3) is 0 Å². The Balaban J connectivity index is 1.95. The number of aryl methyl sites for hydroxylation is 3. The molecule has 26 heavy (non-hydrogen) atoms. The van der Waals surface area contributed by atoms with Crippen LogP contribution in [0.15, 0.2) is 72.9 Å². The molecule has 0 atom stereocenters. The predicted molar refractivity (Wildman–Crippen MR) is 110 cm³/mol. The van der Waals surface area contributed by atoms with Crippen LogP contribution in [0.5, 0.6) is 0 Å². The Bertz CT molecular complexity index is 954. The van der Waals surface area contributed by atoms with Gasteiger partial charge < -0.3 is 4.57 Å². The van der Waals surface area contributed by atoms with Crippen LogP contribution in [-0.2, 0) is 11.8 Å². The molecule has 1 aromatic heterocycles. The van der Waals surface area contributed by atoms with Crippen molar-refractivity contribution in [3.8, 4) is 0 Å². The molecular formula is C24H23NO. The van der Waals surface area contributed by atoms with Crippen LogP contribution >= 0.6 is 0 Å². The van der Waals surface area contributed by atoms with E-state index >= 15 is 0 Å². The fourth-order valence-electron chi connectivity index (χ4n) is 2.78. The number of rotatable bonds is 5. The van der Waals surface area contributed by atoms with E-state index in [0.717, 1.165) is 16.8 Å². The molecule has 2 heteroatoms. The summed E-state index contributed by atoms with van der Waals surface area (Å²) in [5.74, 6) is -0.00653. The number of hydrogen-bond donors (Lipinski definition) is 0. The molecule has 0 unspecified atom stereocenters. The second-order valence-electron chi connectivity index (χ2n) is 6.58. The second kappa shape index (κ2) is 7.83.